The Hall–Kier alpha value is -3.16. The molecular formula is C36H45ClN4O7S. The SMILES string of the molecule is CO[C@H]1/C=C/COC(C)(C)C(=O)N=[S@@](=O)(NC(=O)N2CC(O)C2)c2ccc3c(c2)N(C[C@@H]2CC[C@H]21)C[C@@]1(CCCc2cc(Cl)ccc21)CO3. The van der Waals surface area contributed by atoms with Gasteiger partial charge in [0.2, 0.25) is 0 Å². The number of urea groups is 1. The number of aliphatic hydroxyl groups excluding tert-OH is 1. The van der Waals surface area contributed by atoms with Gasteiger partial charge in [-0.3, -0.25) is 4.79 Å². The van der Waals surface area contributed by atoms with Crippen molar-refractivity contribution in [1.82, 2.24) is 9.62 Å². The molecule has 3 amide bonds. The first kappa shape index (κ1) is 34.3. The third-order valence-electron chi connectivity index (χ3n) is 10.9. The van der Waals surface area contributed by atoms with Crippen LogP contribution in [0, 0.1) is 11.8 Å². The van der Waals surface area contributed by atoms with Crippen LogP contribution in [0.1, 0.15) is 50.7 Å². The number of carbonyl (C=O) groups is 2. The number of aliphatic hydroxyl groups is 1. The zero-order valence-corrected chi connectivity index (χ0v) is 29.8. The van der Waals surface area contributed by atoms with Crippen molar-refractivity contribution in [1.29, 1.82) is 0 Å². The number of halogens is 1. The van der Waals surface area contributed by atoms with Crippen molar-refractivity contribution in [2.45, 2.75) is 74.1 Å². The maximum atomic E-state index is 14.9. The number of anilines is 1. The highest BCUT2D eigenvalue weighted by molar-refractivity contribution is 7.92. The predicted molar refractivity (Wildman–Crippen MR) is 186 cm³/mol. The molecule has 7 rings (SSSR count). The second-order valence-corrected chi connectivity index (χ2v) is 16.9. The van der Waals surface area contributed by atoms with E-state index >= 15 is 0 Å². The summed E-state index contributed by atoms with van der Waals surface area (Å²) < 4.78 is 40.2. The average Bonchev–Trinajstić information content (AvgIpc) is 3.19. The molecule has 1 spiro atoms. The quantitative estimate of drug-likeness (QED) is 0.422. The summed E-state index contributed by atoms with van der Waals surface area (Å²) in [5.41, 5.74) is 1.46. The van der Waals surface area contributed by atoms with Gasteiger partial charge in [-0.2, -0.15) is 0 Å². The van der Waals surface area contributed by atoms with E-state index in [2.05, 4.69) is 26.1 Å². The lowest BCUT2D eigenvalue weighted by Crippen LogP contribution is -2.57. The van der Waals surface area contributed by atoms with Crippen LogP contribution >= 0.6 is 11.6 Å². The highest BCUT2D eigenvalue weighted by Gasteiger charge is 2.45. The van der Waals surface area contributed by atoms with Gasteiger partial charge in [-0.25, -0.2) is 13.7 Å². The van der Waals surface area contributed by atoms with Crippen LogP contribution in [0.4, 0.5) is 10.5 Å². The fraction of sp³-hybridized carbons (Fsp3) is 0.556. The fourth-order valence-corrected chi connectivity index (χ4v) is 9.68. The molecule has 2 aromatic carbocycles. The van der Waals surface area contributed by atoms with E-state index < -0.39 is 33.6 Å². The molecule has 2 bridgehead atoms. The number of benzene rings is 2. The van der Waals surface area contributed by atoms with Gasteiger partial charge in [-0.05, 0) is 99.2 Å². The molecule has 3 aliphatic heterocycles. The Morgan fingerprint density at radius 2 is 1.98 bits per heavy atom. The van der Waals surface area contributed by atoms with Gasteiger partial charge in [0.05, 0.1) is 49.1 Å². The van der Waals surface area contributed by atoms with Gasteiger partial charge in [0.1, 0.15) is 11.4 Å². The number of ether oxygens (including phenoxy) is 3. The van der Waals surface area contributed by atoms with Gasteiger partial charge in [-0.1, -0.05) is 29.8 Å². The lowest BCUT2D eigenvalue weighted by Gasteiger charge is -2.46. The number of methoxy groups -OCH3 is 1. The van der Waals surface area contributed by atoms with Gasteiger partial charge in [-0.15, -0.1) is 4.36 Å². The van der Waals surface area contributed by atoms with Gasteiger partial charge in [0.15, 0.2) is 9.92 Å². The molecule has 2 aromatic rings. The van der Waals surface area contributed by atoms with Crippen LogP contribution in [0.25, 0.3) is 0 Å². The van der Waals surface area contributed by atoms with E-state index in [0.717, 1.165) is 42.8 Å². The Labute approximate surface area is 293 Å². The second-order valence-electron chi connectivity index (χ2n) is 14.6. The van der Waals surface area contributed by atoms with Crippen molar-refractivity contribution in [3.8, 4) is 5.75 Å². The van der Waals surface area contributed by atoms with Crippen molar-refractivity contribution >= 4 is 39.1 Å². The van der Waals surface area contributed by atoms with Crippen LogP contribution < -0.4 is 14.4 Å². The molecule has 3 heterocycles. The summed E-state index contributed by atoms with van der Waals surface area (Å²) in [7, 11) is -2.14. The van der Waals surface area contributed by atoms with Gasteiger partial charge in [0.25, 0.3) is 5.91 Å². The van der Waals surface area contributed by atoms with E-state index in [0.29, 0.717) is 31.4 Å². The Morgan fingerprint density at radius 3 is 2.71 bits per heavy atom. The minimum absolute atomic E-state index is 0.0990. The molecule has 2 N–H and O–H groups in total. The maximum Gasteiger partial charge on any atom is 0.330 e. The molecule has 11 nitrogen and oxygen atoms in total. The number of carbonyl (C=O) groups excluding carboxylic acids is 2. The van der Waals surface area contributed by atoms with E-state index in [-0.39, 0.29) is 42.0 Å². The number of amides is 3. The van der Waals surface area contributed by atoms with E-state index in [1.165, 1.54) is 16.0 Å². The summed E-state index contributed by atoms with van der Waals surface area (Å²) in [6.07, 6.45) is 8.03. The number of nitrogens with zero attached hydrogens (tertiary/aromatic N) is 3. The van der Waals surface area contributed by atoms with Crippen LogP contribution in [0.15, 0.2) is 57.8 Å². The fourth-order valence-electron chi connectivity index (χ4n) is 7.87. The highest BCUT2D eigenvalue weighted by Crippen LogP contribution is 2.47. The molecule has 264 valence electrons. The smallest absolute Gasteiger partial charge is 0.330 e. The van der Waals surface area contributed by atoms with Crippen LogP contribution in [-0.2, 0) is 36.0 Å². The predicted octanol–water partition coefficient (Wildman–Crippen LogP) is 4.87. The van der Waals surface area contributed by atoms with E-state index in [9.17, 15) is 18.9 Å². The number of β-amino-alcohol motifs (C(OH)–C–C–N with tert-alkyl or cyclic N) is 1. The third kappa shape index (κ3) is 6.58. The minimum Gasteiger partial charge on any atom is -0.490 e. The summed E-state index contributed by atoms with van der Waals surface area (Å²) in [6, 6.07) is 10.6. The second kappa shape index (κ2) is 13.2. The minimum atomic E-state index is -3.86. The number of hydrogen-bond acceptors (Lipinski definition) is 8. The Balaban J connectivity index is 1.35. The number of rotatable bonds is 2. The van der Waals surface area contributed by atoms with Gasteiger partial charge < -0.3 is 29.1 Å². The van der Waals surface area contributed by atoms with Gasteiger partial charge >= 0.3 is 6.03 Å². The van der Waals surface area contributed by atoms with E-state index in [4.69, 9.17) is 25.8 Å². The summed E-state index contributed by atoms with van der Waals surface area (Å²) in [4.78, 5) is 30.8. The Morgan fingerprint density at radius 1 is 1.16 bits per heavy atom. The summed E-state index contributed by atoms with van der Waals surface area (Å²) in [5.74, 6) is 0.450. The third-order valence-corrected chi connectivity index (χ3v) is 12.9. The molecule has 2 aliphatic carbocycles. The van der Waals surface area contributed by atoms with Crippen LogP contribution in [0.3, 0.4) is 0 Å². The molecule has 1 saturated heterocycles. The lowest BCUT2D eigenvalue weighted by molar-refractivity contribution is -0.137. The maximum absolute atomic E-state index is 14.9. The van der Waals surface area contributed by atoms with Crippen molar-refractivity contribution in [3.05, 3.63) is 64.7 Å². The van der Waals surface area contributed by atoms with Crippen molar-refractivity contribution in [2.24, 2.45) is 16.2 Å². The normalized spacial score (nSPS) is 31.9. The summed E-state index contributed by atoms with van der Waals surface area (Å²) in [5, 5.41) is 10.5. The molecule has 2 fully saturated rings. The first-order valence-corrected chi connectivity index (χ1v) is 19.0. The van der Waals surface area contributed by atoms with E-state index in [1.807, 2.05) is 18.2 Å². The van der Waals surface area contributed by atoms with Crippen molar-refractivity contribution in [3.63, 3.8) is 0 Å². The van der Waals surface area contributed by atoms with E-state index in [1.54, 1.807) is 39.2 Å². The number of aryl methyl sites for hydroxylation is 1. The molecular weight excluding hydrogens is 668 g/mol. The zero-order valence-electron chi connectivity index (χ0n) is 28.2. The first-order chi connectivity index (χ1) is 23.4. The zero-order chi connectivity index (χ0) is 34.6. The Kier molecular flexibility index (Phi) is 9.23. The molecule has 1 saturated carbocycles. The molecule has 0 aromatic heterocycles. The summed E-state index contributed by atoms with van der Waals surface area (Å²) in [6.45, 7) is 5.29. The largest absolute Gasteiger partial charge is 0.490 e. The first-order valence-electron chi connectivity index (χ1n) is 17.1. The number of nitrogens with one attached hydrogen (secondary N) is 1. The van der Waals surface area contributed by atoms with Crippen molar-refractivity contribution < 1.29 is 33.1 Å². The van der Waals surface area contributed by atoms with Crippen LogP contribution in [0.2, 0.25) is 5.02 Å². The topological polar surface area (TPSA) is 130 Å². The highest BCUT2D eigenvalue weighted by atomic mass is 35.5. The summed E-state index contributed by atoms with van der Waals surface area (Å²) >= 11 is 6.45. The van der Waals surface area contributed by atoms with Crippen molar-refractivity contribution in [2.75, 3.05) is 51.4 Å². The molecule has 13 heteroatoms. The number of likely N-dealkylation sites (tertiary alicyclic amines) is 1. The Bertz CT molecular complexity index is 1790. The standard InChI is InChI=1S/C36H45ClN4O7S/c1-35(2)33(43)38-49(45,39-34(44)40-19-26(42)20-40)27-10-13-32-30(17-27)41(18-24-8-11-28(24)31(46-3)7-5-15-48-35)21-36(22-47-32)14-4-6-23-16-25(37)9-12-29(23)36/h5,7,9-10,12-13,16-17,24,26,28,31,42H,4,6,8,11,14-15,18-22H2,1-3H3,(H,38,39,43,44,45)/b7-5+/t24-,28+,31-,36-,49+/m0/s1. The molecule has 5 atom stereocenters. The monoisotopic (exact) mass is 712 g/mol. The number of fused-ring (bicyclic) bond motifs is 4. The average molecular weight is 713 g/mol. The number of hydrogen-bond donors (Lipinski definition) is 2. The molecule has 49 heavy (non-hydrogen) atoms. The molecule has 0 radical (unpaired) electrons. The molecule has 5 aliphatic rings. The van der Waals surface area contributed by atoms with Crippen LogP contribution in [0.5, 0.6) is 5.75 Å². The van der Waals surface area contributed by atoms with Gasteiger partial charge in [0, 0.05) is 30.6 Å². The lowest BCUT2D eigenvalue weighted by atomic mass is 9.68. The molecule has 0 unspecified atom stereocenters. The van der Waals surface area contributed by atoms with Crippen LogP contribution in [-0.4, -0.2) is 90.5 Å².